The minimum absolute atomic E-state index is 0.196. The molecule has 4 aromatic carbocycles. The molecule has 0 bridgehead atoms. The summed E-state index contributed by atoms with van der Waals surface area (Å²) in [6, 6.07) is 29.9. The van der Waals surface area contributed by atoms with Gasteiger partial charge in [-0.1, -0.05) is 47.5 Å². The summed E-state index contributed by atoms with van der Waals surface area (Å²) in [5.74, 6) is -0.611. The second-order valence-corrected chi connectivity index (χ2v) is 7.39. The molecule has 0 radical (unpaired) electrons. The highest BCUT2D eigenvalue weighted by Gasteiger charge is 2.14. The van der Waals surface area contributed by atoms with Crippen molar-refractivity contribution < 1.29 is 9.18 Å². The highest BCUT2D eigenvalue weighted by Crippen LogP contribution is 2.34. The topological polar surface area (TPSA) is 20.3 Å². The Morgan fingerprint density at radius 3 is 1.57 bits per heavy atom. The molecular formula is C27H22FNO. The second-order valence-electron chi connectivity index (χ2n) is 7.39. The van der Waals surface area contributed by atoms with Gasteiger partial charge in [0.2, 0.25) is 0 Å². The van der Waals surface area contributed by atoms with Crippen molar-refractivity contribution in [3.05, 3.63) is 125 Å². The van der Waals surface area contributed by atoms with Gasteiger partial charge < -0.3 is 4.90 Å². The van der Waals surface area contributed by atoms with Crippen molar-refractivity contribution in [1.82, 2.24) is 0 Å². The fourth-order valence-corrected chi connectivity index (χ4v) is 3.39. The van der Waals surface area contributed by atoms with Crippen LogP contribution in [-0.4, -0.2) is 5.78 Å². The van der Waals surface area contributed by atoms with Crippen LogP contribution >= 0.6 is 0 Å². The van der Waals surface area contributed by atoms with Gasteiger partial charge in [-0.15, -0.1) is 0 Å². The molecule has 0 spiro atoms. The summed E-state index contributed by atoms with van der Waals surface area (Å²) in [7, 11) is 0. The molecule has 2 nitrogen and oxygen atoms in total. The standard InChI is InChI=1S/C27H22FNO/c1-19-6-12-24(13-7-19)29(25-14-8-20(2)9-15-25)26-16-10-21(11-17-26)27(30)22-4-3-5-23(28)18-22/h3-18H,1-2H3. The van der Waals surface area contributed by atoms with E-state index in [0.717, 1.165) is 17.1 Å². The van der Waals surface area contributed by atoms with E-state index < -0.39 is 5.82 Å². The number of halogens is 1. The first-order valence-corrected chi connectivity index (χ1v) is 9.85. The van der Waals surface area contributed by atoms with Gasteiger partial charge in [0, 0.05) is 28.2 Å². The van der Waals surface area contributed by atoms with E-state index >= 15 is 0 Å². The number of nitrogens with zero attached hydrogens (tertiary/aromatic N) is 1. The molecule has 0 N–H and O–H groups in total. The number of hydrogen-bond acceptors (Lipinski definition) is 2. The molecule has 0 fully saturated rings. The average molecular weight is 395 g/mol. The van der Waals surface area contributed by atoms with E-state index in [1.165, 1.54) is 23.3 Å². The van der Waals surface area contributed by atoms with Crippen LogP contribution in [0.1, 0.15) is 27.0 Å². The third-order valence-electron chi connectivity index (χ3n) is 5.06. The molecule has 0 amide bonds. The summed E-state index contributed by atoms with van der Waals surface area (Å²) >= 11 is 0. The van der Waals surface area contributed by atoms with Crippen LogP contribution in [-0.2, 0) is 0 Å². The van der Waals surface area contributed by atoms with Gasteiger partial charge in [0.05, 0.1) is 0 Å². The normalized spacial score (nSPS) is 10.6. The van der Waals surface area contributed by atoms with Crippen molar-refractivity contribution in [3.8, 4) is 0 Å². The van der Waals surface area contributed by atoms with Gasteiger partial charge in [0.25, 0.3) is 0 Å². The zero-order valence-electron chi connectivity index (χ0n) is 17.0. The van der Waals surface area contributed by atoms with Crippen molar-refractivity contribution in [3.63, 3.8) is 0 Å². The Morgan fingerprint density at radius 1 is 0.633 bits per heavy atom. The first-order chi connectivity index (χ1) is 14.5. The van der Waals surface area contributed by atoms with E-state index in [4.69, 9.17) is 0 Å². The number of aryl methyl sites for hydroxylation is 2. The number of rotatable bonds is 5. The lowest BCUT2D eigenvalue weighted by molar-refractivity contribution is 0.103. The molecule has 4 aromatic rings. The number of carbonyl (C=O) groups excluding carboxylic acids is 1. The quantitative estimate of drug-likeness (QED) is 0.335. The van der Waals surface area contributed by atoms with Crippen LogP contribution < -0.4 is 4.90 Å². The molecule has 4 rings (SSSR count). The molecule has 0 aromatic heterocycles. The van der Waals surface area contributed by atoms with E-state index in [1.807, 2.05) is 12.1 Å². The molecule has 0 heterocycles. The van der Waals surface area contributed by atoms with Crippen LogP contribution in [0.3, 0.4) is 0 Å². The maximum atomic E-state index is 13.5. The summed E-state index contributed by atoms with van der Waals surface area (Å²) < 4.78 is 13.5. The Balaban J connectivity index is 1.71. The summed E-state index contributed by atoms with van der Waals surface area (Å²) in [6.07, 6.45) is 0. The number of ketones is 1. The molecule has 0 saturated heterocycles. The Bertz CT molecular complexity index is 1120. The minimum atomic E-state index is -0.414. The summed E-state index contributed by atoms with van der Waals surface area (Å²) in [5, 5.41) is 0. The average Bonchev–Trinajstić information content (AvgIpc) is 2.76. The van der Waals surface area contributed by atoms with Crippen molar-refractivity contribution in [2.24, 2.45) is 0 Å². The van der Waals surface area contributed by atoms with Crippen molar-refractivity contribution >= 4 is 22.8 Å². The Kier molecular flexibility index (Phi) is 5.44. The Morgan fingerprint density at radius 2 is 1.10 bits per heavy atom. The highest BCUT2D eigenvalue weighted by atomic mass is 19.1. The number of hydrogen-bond donors (Lipinski definition) is 0. The zero-order valence-corrected chi connectivity index (χ0v) is 17.0. The van der Waals surface area contributed by atoms with Gasteiger partial charge in [-0.25, -0.2) is 4.39 Å². The fourth-order valence-electron chi connectivity index (χ4n) is 3.39. The highest BCUT2D eigenvalue weighted by molar-refractivity contribution is 6.09. The first kappa shape index (κ1) is 19.6. The molecule has 0 unspecified atom stereocenters. The second kappa shape index (κ2) is 8.34. The molecule has 0 saturated carbocycles. The smallest absolute Gasteiger partial charge is 0.193 e. The van der Waals surface area contributed by atoms with Gasteiger partial charge in [-0.2, -0.15) is 0 Å². The maximum Gasteiger partial charge on any atom is 0.193 e. The maximum absolute atomic E-state index is 13.5. The van der Waals surface area contributed by atoms with Gasteiger partial charge in [0.15, 0.2) is 5.78 Å². The summed E-state index contributed by atoms with van der Waals surface area (Å²) in [6.45, 7) is 4.12. The Hall–Kier alpha value is -3.72. The Labute approximate surface area is 176 Å². The third-order valence-corrected chi connectivity index (χ3v) is 5.06. The van der Waals surface area contributed by atoms with Crippen LogP contribution in [0.2, 0.25) is 0 Å². The number of benzene rings is 4. The van der Waals surface area contributed by atoms with E-state index in [-0.39, 0.29) is 5.78 Å². The number of anilines is 3. The lowest BCUT2D eigenvalue weighted by Gasteiger charge is -2.26. The van der Waals surface area contributed by atoms with Crippen molar-refractivity contribution in [1.29, 1.82) is 0 Å². The van der Waals surface area contributed by atoms with Crippen molar-refractivity contribution in [2.45, 2.75) is 13.8 Å². The van der Waals surface area contributed by atoms with Gasteiger partial charge in [-0.3, -0.25) is 4.79 Å². The predicted molar refractivity (Wildman–Crippen MR) is 120 cm³/mol. The van der Waals surface area contributed by atoms with E-state index in [9.17, 15) is 9.18 Å². The number of carbonyl (C=O) groups is 1. The molecule has 0 aliphatic rings. The monoisotopic (exact) mass is 395 g/mol. The van der Waals surface area contributed by atoms with Gasteiger partial charge >= 0.3 is 0 Å². The van der Waals surface area contributed by atoms with Crippen LogP contribution in [0.4, 0.5) is 21.5 Å². The van der Waals surface area contributed by atoms with E-state index in [0.29, 0.717) is 11.1 Å². The SMILES string of the molecule is Cc1ccc(N(c2ccc(C)cc2)c2ccc(C(=O)c3cccc(F)c3)cc2)cc1. The first-order valence-electron chi connectivity index (χ1n) is 9.85. The largest absolute Gasteiger partial charge is 0.311 e. The lowest BCUT2D eigenvalue weighted by Crippen LogP contribution is -2.10. The lowest BCUT2D eigenvalue weighted by atomic mass is 10.0. The molecule has 0 atom stereocenters. The third kappa shape index (κ3) is 4.15. The molecule has 0 aliphatic carbocycles. The molecule has 3 heteroatoms. The predicted octanol–water partition coefficient (Wildman–Crippen LogP) is 7.14. The molecule has 148 valence electrons. The molecule has 0 aliphatic heterocycles. The minimum Gasteiger partial charge on any atom is -0.311 e. The van der Waals surface area contributed by atoms with Crippen LogP contribution in [0, 0.1) is 19.7 Å². The van der Waals surface area contributed by atoms with Crippen LogP contribution in [0.5, 0.6) is 0 Å². The van der Waals surface area contributed by atoms with Crippen LogP contribution in [0.15, 0.2) is 97.1 Å². The van der Waals surface area contributed by atoms with Gasteiger partial charge in [-0.05, 0) is 74.5 Å². The van der Waals surface area contributed by atoms with Crippen LogP contribution in [0.25, 0.3) is 0 Å². The molecule has 30 heavy (non-hydrogen) atoms. The fraction of sp³-hybridized carbons (Fsp3) is 0.0741. The van der Waals surface area contributed by atoms with E-state index in [1.54, 1.807) is 24.3 Å². The summed E-state index contributed by atoms with van der Waals surface area (Å²) in [4.78, 5) is 14.9. The molecular weight excluding hydrogens is 373 g/mol. The zero-order chi connectivity index (χ0) is 21.1. The summed E-state index contributed by atoms with van der Waals surface area (Å²) in [5.41, 5.74) is 6.27. The van der Waals surface area contributed by atoms with E-state index in [2.05, 4.69) is 67.3 Å². The van der Waals surface area contributed by atoms with Crippen molar-refractivity contribution in [2.75, 3.05) is 4.90 Å². The van der Waals surface area contributed by atoms with Gasteiger partial charge in [0.1, 0.15) is 5.82 Å².